The number of rotatable bonds is 4. The molecule has 16 heavy (non-hydrogen) atoms. The number of hydrogen-bond acceptors (Lipinski definition) is 2. The summed E-state index contributed by atoms with van der Waals surface area (Å²) in [7, 11) is 1.41. The lowest BCUT2D eigenvalue weighted by molar-refractivity contribution is -0.131. The SMILES string of the molecule is COC(=C\C(=O)O)/C=C/c1ccccc1Cl. The molecule has 0 aromatic heterocycles. The Kier molecular flexibility index (Phi) is 4.61. The van der Waals surface area contributed by atoms with E-state index < -0.39 is 5.97 Å². The van der Waals surface area contributed by atoms with Crippen molar-refractivity contribution in [1.29, 1.82) is 0 Å². The molecular formula is C12H11ClO3. The Bertz CT molecular complexity index is 436. The molecule has 0 radical (unpaired) electrons. The summed E-state index contributed by atoms with van der Waals surface area (Å²) in [5, 5.41) is 9.15. The molecule has 1 N–H and O–H groups in total. The monoisotopic (exact) mass is 238 g/mol. The topological polar surface area (TPSA) is 46.5 Å². The fourth-order valence-electron chi connectivity index (χ4n) is 1.08. The van der Waals surface area contributed by atoms with Crippen molar-refractivity contribution in [1.82, 2.24) is 0 Å². The molecule has 0 atom stereocenters. The van der Waals surface area contributed by atoms with Crippen molar-refractivity contribution in [2.75, 3.05) is 7.11 Å². The average Bonchev–Trinajstić information content (AvgIpc) is 2.25. The molecular weight excluding hydrogens is 228 g/mol. The molecule has 0 saturated heterocycles. The van der Waals surface area contributed by atoms with Gasteiger partial charge in [-0.05, 0) is 23.8 Å². The van der Waals surface area contributed by atoms with Crippen LogP contribution in [0.4, 0.5) is 0 Å². The largest absolute Gasteiger partial charge is 0.496 e. The van der Waals surface area contributed by atoms with Crippen molar-refractivity contribution >= 4 is 23.6 Å². The van der Waals surface area contributed by atoms with Gasteiger partial charge in [-0.15, -0.1) is 0 Å². The lowest BCUT2D eigenvalue weighted by Crippen LogP contribution is -1.92. The normalized spacial score (nSPS) is 11.8. The highest BCUT2D eigenvalue weighted by molar-refractivity contribution is 6.32. The number of allylic oxidation sites excluding steroid dienone is 1. The van der Waals surface area contributed by atoms with Crippen molar-refractivity contribution in [2.24, 2.45) is 0 Å². The molecule has 0 unspecified atom stereocenters. The summed E-state index contributed by atoms with van der Waals surface area (Å²) in [6.45, 7) is 0. The molecule has 0 fully saturated rings. The van der Waals surface area contributed by atoms with Crippen LogP contribution in [-0.4, -0.2) is 18.2 Å². The average molecular weight is 239 g/mol. The maximum atomic E-state index is 10.4. The number of ether oxygens (including phenoxy) is 1. The van der Waals surface area contributed by atoms with Gasteiger partial charge in [-0.25, -0.2) is 4.79 Å². The van der Waals surface area contributed by atoms with Gasteiger partial charge in [0, 0.05) is 5.02 Å². The zero-order valence-electron chi connectivity index (χ0n) is 8.68. The van der Waals surface area contributed by atoms with Crippen LogP contribution in [0.3, 0.4) is 0 Å². The van der Waals surface area contributed by atoms with Crippen molar-refractivity contribution in [3.8, 4) is 0 Å². The van der Waals surface area contributed by atoms with Gasteiger partial charge in [0.15, 0.2) is 0 Å². The van der Waals surface area contributed by atoms with Crippen molar-refractivity contribution < 1.29 is 14.6 Å². The predicted octanol–water partition coefficient (Wildman–Crippen LogP) is 2.97. The molecule has 3 nitrogen and oxygen atoms in total. The third-order valence-electron chi connectivity index (χ3n) is 1.83. The van der Waals surface area contributed by atoms with E-state index >= 15 is 0 Å². The van der Waals surface area contributed by atoms with Gasteiger partial charge in [0.2, 0.25) is 0 Å². The van der Waals surface area contributed by atoms with Gasteiger partial charge in [0.1, 0.15) is 5.76 Å². The number of hydrogen-bond donors (Lipinski definition) is 1. The smallest absolute Gasteiger partial charge is 0.332 e. The number of halogens is 1. The Balaban J connectivity index is 2.88. The van der Waals surface area contributed by atoms with Crippen molar-refractivity contribution in [3.05, 3.63) is 52.8 Å². The van der Waals surface area contributed by atoms with E-state index in [9.17, 15) is 4.79 Å². The minimum absolute atomic E-state index is 0.257. The van der Waals surface area contributed by atoms with Crippen LogP contribution in [-0.2, 0) is 9.53 Å². The number of methoxy groups -OCH3 is 1. The summed E-state index contributed by atoms with van der Waals surface area (Å²) in [4.78, 5) is 10.4. The number of benzene rings is 1. The highest BCUT2D eigenvalue weighted by Crippen LogP contribution is 2.17. The Morgan fingerprint density at radius 3 is 2.69 bits per heavy atom. The Labute approximate surface area is 98.6 Å². The molecule has 0 bridgehead atoms. The first-order valence-corrected chi connectivity index (χ1v) is 4.92. The van der Waals surface area contributed by atoms with Gasteiger partial charge in [-0.3, -0.25) is 0 Å². The highest BCUT2D eigenvalue weighted by atomic mass is 35.5. The maximum Gasteiger partial charge on any atom is 0.332 e. The standard InChI is InChI=1S/C12H11ClO3/c1-16-10(8-12(14)15)7-6-9-4-2-3-5-11(9)13/h2-8H,1H3,(H,14,15)/b7-6+,10-8-. The number of carbonyl (C=O) groups is 1. The number of carboxylic acid groups (broad SMARTS) is 1. The van der Waals surface area contributed by atoms with Crippen LogP contribution in [0, 0.1) is 0 Å². The van der Waals surface area contributed by atoms with Crippen molar-refractivity contribution in [2.45, 2.75) is 0 Å². The van der Waals surface area contributed by atoms with Crippen LogP contribution >= 0.6 is 11.6 Å². The zero-order valence-corrected chi connectivity index (χ0v) is 9.44. The minimum atomic E-state index is -1.05. The lowest BCUT2D eigenvalue weighted by Gasteiger charge is -1.99. The molecule has 1 aromatic rings. The lowest BCUT2D eigenvalue weighted by atomic mass is 10.2. The maximum absolute atomic E-state index is 10.4. The van der Waals surface area contributed by atoms with Gasteiger partial charge in [0.05, 0.1) is 13.2 Å². The number of aliphatic carboxylic acids is 1. The summed E-state index contributed by atoms with van der Waals surface area (Å²) < 4.78 is 4.87. The summed E-state index contributed by atoms with van der Waals surface area (Å²) in [6.07, 6.45) is 4.23. The molecule has 4 heteroatoms. The molecule has 0 aliphatic carbocycles. The fourth-order valence-corrected chi connectivity index (χ4v) is 1.28. The van der Waals surface area contributed by atoms with Gasteiger partial charge in [-0.2, -0.15) is 0 Å². The first kappa shape index (κ1) is 12.3. The molecule has 1 rings (SSSR count). The third kappa shape index (κ3) is 3.79. The molecule has 1 aromatic carbocycles. The Morgan fingerprint density at radius 1 is 1.44 bits per heavy atom. The van der Waals surface area contributed by atoms with E-state index in [4.69, 9.17) is 21.4 Å². The van der Waals surface area contributed by atoms with Crippen molar-refractivity contribution in [3.63, 3.8) is 0 Å². The molecule has 0 spiro atoms. The molecule has 0 aliphatic heterocycles. The molecule has 84 valence electrons. The van der Waals surface area contributed by atoms with Crippen LogP contribution < -0.4 is 0 Å². The second-order valence-corrected chi connectivity index (χ2v) is 3.35. The second-order valence-electron chi connectivity index (χ2n) is 2.94. The van der Waals surface area contributed by atoms with E-state index in [2.05, 4.69) is 0 Å². The zero-order chi connectivity index (χ0) is 12.0. The van der Waals surface area contributed by atoms with Crippen LogP contribution in [0.1, 0.15) is 5.56 Å². The second kappa shape index (κ2) is 5.98. The summed E-state index contributed by atoms with van der Waals surface area (Å²) in [6, 6.07) is 7.25. The van der Waals surface area contributed by atoms with E-state index in [1.807, 2.05) is 18.2 Å². The molecule has 0 saturated carbocycles. The summed E-state index contributed by atoms with van der Waals surface area (Å²) in [5.41, 5.74) is 0.803. The van der Waals surface area contributed by atoms with E-state index in [0.29, 0.717) is 5.02 Å². The van der Waals surface area contributed by atoms with Gasteiger partial charge < -0.3 is 9.84 Å². The molecule has 0 amide bonds. The quantitative estimate of drug-likeness (QED) is 0.498. The van der Waals surface area contributed by atoms with Gasteiger partial charge >= 0.3 is 5.97 Å². The Morgan fingerprint density at radius 2 is 2.12 bits per heavy atom. The van der Waals surface area contributed by atoms with E-state index in [1.54, 1.807) is 18.2 Å². The molecule has 0 aliphatic rings. The first-order chi connectivity index (χ1) is 7.63. The highest BCUT2D eigenvalue weighted by Gasteiger charge is 1.97. The first-order valence-electron chi connectivity index (χ1n) is 4.54. The predicted molar refractivity (Wildman–Crippen MR) is 63.2 cm³/mol. The van der Waals surface area contributed by atoms with Gasteiger partial charge in [-0.1, -0.05) is 29.8 Å². The van der Waals surface area contributed by atoms with Crippen LogP contribution in [0.15, 0.2) is 42.2 Å². The summed E-state index contributed by atoms with van der Waals surface area (Å²) in [5.74, 6) is -0.798. The third-order valence-corrected chi connectivity index (χ3v) is 2.18. The van der Waals surface area contributed by atoms with E-state index in [1.165, 1.54) is 7.11 Å². The minimum Gasteiger partial charge on any atom is -0.496 e. The van der Waals surface area contributed by atoms with Gasteiger partial charge in [0.25, 0.3) is 0 Å². The summed E-state index contributed by atoms with van der Waals surface area (Å²) >= 11 is 5.93. The van der Waals surface area contributed by atoms with E-state index in [-0.39, 0.29) is 5.76 Å². The molecule has 0 heterocycles. The fraction of sp³-hybridized carbons (Fsp3) is 0.0833. The van der Waals surface area contributed by atoms with Crippen LogP contribution in [0.2, 0.25) is 5.02 Å². The van der Waals surface area contributed by atoms with Crippen LogP contribution in [0.25, 0.3) is 6.08 Å². The van der Waals surface area contributed by atoms with Crippen LogP contribution in [0.5, 0.6) is 0 Å². The van der Waals surface area contributed by atoms with E-state index in [0.717, 1.165) is 11.6 Å². The Hall–Kier alpha value is -1.74. The number of carboxylic acids is 1.